The average molecular weight is 804 g/mol. The number of carbonyl (C=O) groups is 4. The number of benzene rings is 3. The van der Waals surface area contributed by atoms with Crippen LogP contribution in [0.1, 0.15) is 83.4 Å². The normalized spacial score (nSPS) is 18.2. The summed E-state index contributed by atoms with van der Waals surface area (Å²) in [5.74, 6) is 0.137. The Balaban J connectivity index is 1.11. The summed E-state index contributed by atoms with van der Waals surface area (Å²) in [5, 5.41) is 8.06. The van der Waals surface area contributed by atoms with Crippen molar-refractivity contribution in [3.8, 4) is 22.4 Å². The third kappa shape index (κ3) is 8.39. The van der Waals surface area contributed by atoms with Crippen molar-refractivity contribution in [1.29, 1.82) is 0 Å². The fraction of sp³-hybridized carbons (Fsp3) is 0.422. The lowest BCUT2D eigenvalue weighted by molar-refractivity contribution is -0.136. The minimum atomic E-state index is -0.741. The topological polar surface area (TPSA) is 179 Å². The van der Waals surface area contributed by atoms with E-state index in [-0.39, 0.29) is 41.2 Å². The largest absolute Gasteiger partial charge is 0.453 e. The first-order valence-corrected chi connectivity index (χ1v) is 20.5. The molecule has 14 nitrogen and oxygen atoms in total. The third-order valence-electron chi connectivity index (χ3n) is 12.0. The molecule has 0 spiro atoms. The molecule has 4 heterocycles. The Hall–Kier alpha value is -6.18. The van der Waals surface area contributed by atoms with E-state index in [2.05, 4.69) is 50.9 Å². The maximum atomic E-state index is 13.9. The van der Waals surface area contributed by atoms with Crippen LogP contribution in [0, 0.1) is 11.8 Å². The molecule has 3 aromatic carbocycles. The predicted octanol–water partition coefficient (Wildman–Crippen LogP) is 7.22. The zero-order valence-corrected chi connectivity index (χ0v) is 34.5. The standard InChI is InChI=1S/C45H53N7O7/c1-7-26(4)40(50-45(57)59-6)43(55)51-18-8-10-36(51)34-23-38(53)32-17-16-30(22-33(32)47-34)28-12-13-29-21-31(15-14-27(29)20-28)35-24-46-41(48-35)37-11-9-19-52(37)42(54)39(25(2)3)49-44(56)58-5/h12-17,20-26,36-37,39-40H,7-11,18-19H2,1-6H3,(H,46,48)(H,47,53)(H,49,56)(H,50,57)/t26-,36?,37+,39+,40+/m1/s1. The molecule has 0 radical (unpaired) electrons. The highest BCUT2D eigenvalue weighted by molar-refractivity contribution is 5.92. The van der Waals surface area contributed by atoms with Crippen LogP contribution in [0.25, 0.3) is 44.1 Å². The molecule has 2 aliphatic rings. The number of pyridine rings is 1. The van der Waals surface area contributed by atoms with E-state index >= 15 is 0 Å². The predicted molar refractivity (Wildman–Crippen MR) is 225 cm³/mol. The second kappa shape index (κ2) is 17.4. The Labute approximate surface area is 343 Å². The smallest absolute Gasteiger partial charge is 0.407 e. The van der Waals surface area contributed by atoms with E-state index in [1.165, 1.54) is 14.2 Å². The molecule has 0 bridgehead atoms. The molecule has 2 aromatic heterocycles. The molecular weight excluding hydrogens is 751 g/mol. The number of aromatic amines is 2. The lowest BCUT2D eigenvalue weighted by Crippen LogP contribution is -2.51. The summed E-state index contributed by atoms with van der Waals surface area (Å²) in [4.78, 5) is 80.3. The van der Waals surface area contributed by atoms with Crippen molar-refractivity contribution >= 4 is 45.7 Å². The number of nitrogens with one attached hydrogen (secondary N) is 4. The Morgan fingerprint density at radius 3 is 2.00 bits per heavy atom. The number of rotatable bonds is 11. The van der Waals surface area contributed by atoms with Crippen molar-refractivity contribution in [3.05, 3.63) is 88.6 Å². The fourth-order valence-corrected chi connectivity index (χ4v) is 8.47. The molecule has 14 heteroatoms. The summed E-state index contributed by atoms with van der Waals surface area (Å²) in [6.45, 7) is 8.80. The number of hydrogen-bond donors (Lipinski definition) is 4. The van der Waals surface area contributed by atoms with E-state index < -0.39 is 24.3 Å². The third-order valence-corrected chi connectivity index (χ3v) is 12.0. The van der Waals surface area contributed by atoms with E-state index in [4.69, 9.17) is 14.5 Å². The summed E-state index contributed by atoms with van der Waals surface area (Å²) in [6.07, 6.45) is 4.27. The maximum absolute atomic E-state index is 13.9. The van der Waals surface area contributed by atoms with Crippen molar-refractivity contribution in [3.63, 3.8) is 0 Å². The molecule has 0 saturated carbocycles. The highest BCUT2D eigenvalue weighted by atomic mass is 16.5. The van der Waals surface area contributed by atoms with Crippen LogP contribution in [0.4, 0.5) is 9.59 Å². The number of aromatic nitrogens is 3. The van der Waals surface area contributed by atoms with Gasteiger partial charge in [-0.25, -0.2) is 14.6 Å². The van der Waals surface area contributed by atoms with E-state index in [0.717, 1.165) is 52.4 Å². The van der Waals surface area contributed by atoms with Gasteiger partial charge < -0.3 is 39.9 Å². The summed E-state index contributed by atoms with van der Waals surface area (Å²) >= 11 is 0. The summed E-state index contributed by atoms with van der Waals surface area (Å²) < 4.78 is 9.58. The van der Waals surface area contributed by atoms with Gasteiger partial charge in [-0.3, -0.25) is 14.4 Å². The summed E-state index contributed by atoms with van der Waals surface area (Å²) in [5.41, 5.74) is 4.94. The van der Waals surface area contributed by atoms with Crippen LogP contribution in [-0.4, -0.2) is 88.1 Å². The monoisotopic (exact) mass is 803 g/mol. The number of nitrogens with zero attached hydrogens (tertiary/aromatic N) is 3. The second-order valence-electron chi connectivity index (χ2n) is 16.0. The molecular formula is C45H53N7O7. The number of ether oxygens (including phenoxy) is 2. The van der Waals surface area contributed by atoms with Crippen molar-refractivity contribution in [1.82, 2.24) is 35.4 Å². The van der Waals surface area contributed by atoms with Gasteiger partial charge in [-0.2, -0.15) is 0 Å². The lowest BCUT2D eigenvalue weighted by atomic mass is 9.97. The SMILES string of the molecule is CC[C@@H](C)[C@H](NC(=O)OC)C(=O)N1CCCC1c1cc(=O)c2ccc(-c3ccc4cc(-c5cnc([C@@H]6CCCN6C(=O)[C@@H](NC(=O)OC)C(C)C)[nH]5)ccc4c3)cc2[nH]1. The van der Waals surface area contributed by atoms with Crippen LogP contribution < -0.4 is 16.1 Å². The zero-order valence-electron chi connectivity index (χ0n) is 34.5. The Morgan fingerprint density at radius 1 is 0.763 bits per heavy atom. The minimum absolute atomic E-state index is 0.109. The van der Waals surface area contributed by atoms with E-state index in [9.17, 15) is 24.0 Å². The van der Waals surface area contributed by atoms with Gasteiger partial charge in [0.2, 0.25) is 11.8 Å². The van der Waals surface area contributed by atoms with Gasteiger partial charge in [-0.05, 0) is 83.7 Å². The number of likely N-dealkylation sites (tertiary alicyclic amines) is 2. The first-order chi connectivity index (χ1) is 28.4. The first-order valence-electron chi connectivity index (χ1n) is 20.5. The first kappa shape index (κ1) is 41.0. The van der Waals surface area contributed by atoms with E-state index in [1.54, 1.807) is 22.1 Å². The van der Waals surface area contributed by atoms with Crippen molar-refractivity contribution in [2.24, 2.45) is 11.8 Å². The van der Waals surface area contributed by atoms with Gasteiger partial charge in [0.1, 0.15) is 17.9 Å². The molecule has 5 aromatic rings. The molecule has 4 N–H and O–H groups in total. The van der Waals surface area contributed by atoms with Gasteiger partial charge >= 0.3 is 12.2 Å². The number of methoxy groups -OCH3 is 2. The number of imidazole rings is 1. The number of fused-ring (bicyclic) bond motifs is 2. The molecule has 7 rings (SSSR count). The Kier molecular flexibility index (Phi) is 12.1. The van der Waals surface area contributed by atoms with Crippen LogP contribution in [-0.2, 0) is 19.1 Å². The highest BCUT2D eigenvalue weighted by Crippen LogP contribution is 2.36. The number of carbonyl (C=O) groups excluding carboxylic acids is 4. The molecule has 59 heavy (non-hydrogen) atoms. The van der Waals surface area contributed by atoms with Crippen LogP contribution in [0.5, 0.6) is 0 Å². The average Bonchev–Trinajstić information content (AvgIpc) is 4.05. The van der Waals surface area contributed by atoms with Crippen molar-refractivity contribution in [2.75, 3.05) is 27.3 Å². The van der Waals surface area contributed by atoms with Crippen LogP contribution >= 0.6 is 0 Å². The van der Waals surface area contributed by atoms with Gasteiger partial charge in [-0.15, -0.1) is 0 Å². The summed E-state index contributed by atoms with van der Waals surface area (Å²) in [7, 11) is 2.56. The van der Waals surface area contributed by atoms with Crippen LogP contribution in [0.15, 0.2) is 71.7 Å². The molecule has 2 aliphatic heterocycles. The molecule has 2 fully saturated rings. The fourth-order valence-electron chi connectivity index (χ4n) is 8.47. The number of amides is 4. The molecule has 4 amide bonds. The molecule has 5 atom stereocenters. The number of H-pyrrole nitrogens is 2. The van der Waals surface area contributed by atoms with E-state index in [0.29, 0.717) is 48.4 Å². The van der Waals surface area contributed by atoms with Gasteiger partial charge in [0.05, 0.1) is 43.7 Å². The van der Waals surface area contributed by atoms with Crippen molar-refractivity contribution < 1.29 is 28.7 Å². The number of hydrogen-bond acceptors (Lipinski definition) is 8. The Morgan fingerprint density at radius 2 is 1.34 bits per heavy atom. The minimum Gasteiger partial charge on any atom is -0.453 e. The van der Waals surface area contributed by atoms with Crippen LogP contribution in [0.3, 0.4) is 0 Å². The molecule has 2 saturated heterocycles. The van der Waals surface area contributed by atoms with Gasteiger partial charge in [-0.1, -0.05) is 64.4 Å². The lowest BCUT2D eigenvalue weighted by Gasteiger charge is -2.31. The van der Waals surface area contributed by atoms with Gasteiger partial charge in [0.15, 0.2) is 5.43 Å². The van der Waals surface area contributed by atoms with Crippen molar-refractivity contribution in [2.45, 2.75) is 84.0 Å². The zero-order chi connectivity index (χ0) is 42.0. The molecule has 1 unspecified atom stereocenters. The van der Waals surface area contributed by atoms with E-state index in [1.807, 2.05) is 52.0 Å². The van der Waals surface area contributed by atoms with Gasteiger partial charge in [0.25, 0.3) is 0 Å². The highest BCUT2D eigenvalue weighted by Gasteiger charge is 2.39. The molecule has 0 aliphatic carbocycles. The van der Waals surface area contributed by atoms with Gasteiger partial charge in [0, 0.05) is 35.8 Å². The van der Waals surface area contributed by atoms with Crippen LogP contribution in [0.2, 0.25) is 0 Å². The Bertz CT molecular complexity index is 2440. The summed E-state index contributed by atoms with van der Waals surface area (Å²) in [6, 6.07) is 17.8. The maximum Gasteiger partial charge on any atom is 0.407 e. The second-order valence-corrected chi connectivity index (χ2v) is 16.0. The molecule has 310 valence electrons. The number of alkyl carbamates (subject to hydrolysis) is 2. The quantitative estimate of drug-likeness (QED) is 0.108.